The van der Waals surface area contributed by atoms with E-state index in [0.29, 0.717) is 18.8 Å². The van der Waals surface area contributed by atoms with E-state index in [2.05, 4.69) is 10.0 Å². The van der Waals surface area contributed by atoms with Crippen LogP contribution in [0.4, 0.5) is 0 Å². The van der Waals surface area contributed by atoms with Gasteiger partial charge in [-0.05, 0) is 23.7 Å². The van der Waals surface area contributed by atoms with Crippen molar-refractivity contribution in [2.75, 3.05) is 13.2 Å². The maximum Gasteiger partial charge on any atom is 0.341 e. The molecule has 0 radical (unpaired) electrons. The van der Waals surface area contributed by atoms with Crippen LogP contribution >= 0.6 is 0 Å². The van der Waals surface area contributed by atoms with Crippen LogP contribution < -0.4 is 4.74 Å². The molecule has 1 aromatic carbocycles. The summed E-state index contributed by atoms with van der Waals surface area (Å²) >= 11 is 0. The van der Waals surface area contributed by atoms with Crippen molar-refractivity contribution in [1.82, 2.24) is 4.57 Å². The first-order chi connectivity index (χ1) is 9.22. The number of nitrogens with zero attached hydrogens (tertiary/aromatic N) is 4. The molecule has 7 heteroatoms. The molecule has 1 heterocycles. The number of aliphatic carboxylic acids is 1. The Balaban J connectivity index is 2.25. The van der Waals surface area contributed by atoms with E-state index in [-0.39, 0.29) is 6.61 Å². The normalized spacial score (nSPS) is 10.1. The number of carbonyl (C=O) groups is 1. The first kappa shape index (κ1) is 12.8. The minimum absolute atomic E-state index is 0.362. The smallest absolute Gasteiger partial charge is 0.341 e. The molecule has 0 atom stereocenters. The average Bonchev–Trinajstić information content (AvgIpc) is 2.80. The monoisotopic (exact) mass is 260 g/mol. The molecule has 0 aliphatic carbocycles. The van der Waals surface area contributed by atoms with Crippen LogP contribution in [0.2, 0.25) is 0 Å². The lowest BCUT2D eigenvalue weighted by atomic mass is 10.2. The summed E-state index contributed by atoms with van der Waals surface area (Å²) in [5, 5.41) is 12.9. The molecule has 0 aliphatic heterocycles. The summed E-state index contributed by atoms with van der Waals surface area (Å²) in [6, 6.07) is 7.27. The Bertz CT molecular complexity index is 643. The van der Waals surface area contributed by atoms with Crippen molar-refractivity contribution in [2.45, 2.75) is 6.54 Å². The van der Waals surface area contributed by atoms with Gasteiger partial charge in [-0.2, -0.15) is 0 Å². The Morgan fingerprint density at radius 2 is 2.32 bits per heavy atom. The van der Waals surface area contributed by atoms with Crippen molar-refractivity contribution >= 4 is 16.9 Å². The van der Waals surface area contributed by atoms with Crippen LogP contribution in [0.25, 0.3) is 21.3 Å². The fourth-order valence-electron chi connectivity index (χ4n) is 1.85. The third-order valence-electron chi connectivity index (χ3n) is 2.63. The summed E-state index contributed by atoms with van der Waals surface area (Å²) < 4.78 is 7.15. The highest BCUT2D eigenvalue weighted by atomic mass is 16.5. The number of benzene rings is 1. The summed E-state index contributed by atoms with van der Waals surface area (Å²) in [6.45, 7) is 0.555. The van der Waals surface area contributed by atoms with Crippen LogP contribution in [0.5, 0.6) is 5.75 Å². The first-order valence-electron chi connectivity index (χ1n) is 5.65. The number of carboxylic acid groups (broad SMARTS) is 1. The topological polar surface area (TPSA) is 100 Å². The summed E-state index contributed by atoms with van der Waals surface area (Å²) in [5.41, 5.74) is 9.16. The fourth-order valence-corrected chi connectivity index (χ4v) is 1.85. The Morgan fingerprint density at radius 3 is 3.05 bits per heavy atom. The summed E-state index contributed by atoms with van der Waals surface area (Å²) in [6.07, 6.45) is 1.85. The first-order valence-corrected chi connectivity index (χ1v) is 5.65. The standard InChI is InChI=1S/C12H12N4O3/c13-15-14-5-7-16-6-4-9-10(16)2-1-3-11(9)19-8-12(17)18/h1-4,6H,5,7-8H2,(H,17,18). The fraction of sp³-hybridized carbons (Fsp3) is 0.250. The maximum atomic E-state index is 10.5. The van der Waals surface area contributed by atoms with Gasteiger partial charge in [0.05, 0.1) is 5.52 Å². The van der Waals surface area contributed by atoms with E-state index < -0.39 is 5.97 Å². The van der Waals surface area contributed by atoms with Gasteiger partial charge in [0, 0.05) is 29.6 Å². The summed E-state index contributed by atoms with van der Waals surface area (Å²) in [4.78, 5) is 13.2. The Morgan fingerprint density at radius 1 is 1.47 bits per heavy atom. The third-order valence-corrected chi connectivity index (χ3v) is 2.63. The molecule has 7 nitrogen and oxygen atoms in total. The van der Waals surface area contributed by atoms with Crippen LogP contribution in [0, 0.1) is 0 Å². The van der Waals surface area contributed by atoms with Crippen LogP contribution in [0.1, 0.15) is 0 Å². The second-order valence-corrected chi connectivity index (χ2v) is 3.83. The van der Waals surface area contributed by atoms with Gasteiger partial charge in [0.1, 0.15) is 5.75 Å². The third kappa shape index (κ3) is 2.97. The van der Waals surface area contributed by atoms with E-state index in [4.69, 9.17) is 15.4 Å². The quantitative estimate of drug-likeness (QED) is 0.490. The molecule has 98 valence electrons. The van der Waals surface area contributed by atoms with Gasteiger partial charge in [-0.1, -0.05) is 11.2 Å². The van der Waals surface area contributed by atoms with Crippen molar-refractivity contribution in [2.24, 2.45) is 5.11 Å². The van der Waals surface area contributed by atoms with E-state index >= 15 is 0 Å². The lowest BCUT2D eigenvalue weighted by molar-refractivity contribution is -0.139. The molecular formula is C12H12N4O3. The number of ether oxygens (including phenoxy) is 1. The van der Waals surface area contributed by atoms with Crippen molar-refractivity contribution in [1.29, 1.82) is 0 Å². The molecular weight excluding hydrogens is 248 g/mol. The number of rotatable bonds is 6. The zero-order chi connectivity index (χ0) is 13.7. The summed E-state index contributed by atoms with van der Waals surface area (Å²) in [5.74, 6) is -0.484. The summed E-state index contributed by atoms with van der Waals surface area (Å²) in [7, 11) is 0. The Hall–Kier alpha value is -2.66. The van der Waals surface area contributed by atoms with Gasteiger partial charge in [-0.25, -0.2) is 4.79 Å². The zero-order valence-electron chi connectivity index (χ0n) is 10.1. The molecule has 0 amide bonds. The van der Waals surface area contributed by atoms with Crippen LogP contribution in [0.3, 0.4) is 0 Å². The molecule has 0 fully saturated rings. The van der Waals surface area contributed by atoms with Gasteiger partial charge in [-0.15, -0.1) is 0 Å². The number of carboxylic acids is 1. The van der Waals surface area contributed by atoms with Gasteiger partial charge >= 0.3 is 5.97 Å². The van der Waals surface area contributed by atoms with Crippen molar-refractivity contribution in [3.8, 4) is 5.75 Å². The molecule has 0 saturated heterocycles. The van der Waals surface area contributed by atoms with Crippen molar-refractivity contribution < 1.29 is 14.6 Å². The highest BCUT2D eigenvalue weighted by Crippen LogP contribution is 2.26. The Labute approximate surface area is 108 Å². The van der Waals surface area contributed by atoms with Crippen LogP contribution in [-0.2, 0) is 11.3 Å². The van der Waals surface area contributed by atoms with E-state index in [0.717, 1.165) is 10.9 Å². The van der Waals surface area contributed by atoms with E-state index in [1.54, 1.807) is 12.1 Å². The average molecular weight is 260 g/mol. The lowest BCUT2D eigenvalue weighted by Gasteiger charge is -2.06. The number of azide groups is 1. The van der Waals surface area contributed by atoms with E-state index in [9.17, 15) is 4.79 Å². The molecule has 0 unspecified atom stereocenters. The molecule has 0 spiro atoms. The van der Waals surface area contributed by atoms with Crippen LogP contribution in [-0.4, -0.2) is 28.8 Å². The predicted octanol–water partition coefficient (Wildman–Crippen LogP) is 2.42. The highest BCUT2D eigenvalue weighted by Gasteiger charge is 2.07. The maximum absolute atomic E-state index is 10.5. The predicted molar refractivity (Wildman–Crippen MR) is 69.1 cm³/mol. The van der Waals surface area contributed by atoms with Gasteiger partial charge in [0.15, 0.2) is 6.61 Å². The molecule has 2 aromatic rings. The second kappa shape index (κ2) is 5.79. The SMILES string of the molecule is [N-]=[N+]=NCCn1ccc2c(OCC(=O)O)cccc21. The lowest BCUT2D eigenvalue weighted by Crippen LogP contribution is -2.09. The molecule has 19 heavy (non-hydrogen) atoms. The molecule has 1 aromatic heterocycles. The minimum Gasteiger partial charge on any atom is -0.481 e. The largest absolute Gasteiger partial charge is 0.481 e. The number of hydrogen-bond acceptors (Lipinski definition) is 3. The molecule has 0 aliphatic rings. The van der Waals surface area contributed by atoms with Crippen LogP contribution in [0.15, 0.2) is 35.6 Å². The number of aromatic nitrogens is 1. The van der Waals surface area contributed by atoms with Crippen molar-refractivity contribution in [3.63, 3.8) is 0 Å². The zero-order valence-corrected chi connectivity index (χ0v) is 10.1. The molecule has 2 rings (SSSR count). The minimum atomic E-state index is -1.01. The molecule has 1 N–H and O–H groups in total. The van der Waals surface area contributed by atoms with Gasteiger partial charge in [-0.3, -0.25) is 0 Å². The van der Waals surface area contributed by atoms with Gasteiger partial charge < -0.3 is 14.4 Å². The Kier molecular flexibility index (Phi) is 3.90. The van der Waals surface area contributed by atoms with E-state index in [1.165, 1.54) is 0 Å². The highest BCUT2D eigenvalue weighted by molar-refractivity contribution is 5.86. The molecule has 0 bridgehead atoms. The second-order valence-electron chi connectivity index (χ2n) is 3.83. The number of fused-ring (bicyclic) bond motifs is 1. The number of hydrogen-bond donors (Lipinski definition) is 1. The van der Waals surface area contributed by atoms with Crippen molar-refractivity contribution in [3.05, 3.63) is 40.9 Å². The van der Waals surface area contributed by atoms with E-state index in [1.807, 2.05) is 22.9 Å². The van der Waals surface area contributed by atoms with Gasteiger partial charge in [0.2, 0.25) is 0 Å². The molecule has 0 saturated carbocycles. The van der Waals surface area contributed by atoms with Gasteiger partial charge in [0.25, 0.3) is 0 Å².